The number of Topliss-reactive ketones (excluding diaryl/α,β-unsaturated/α-hetero) is 1. The summed E-state index contributed by atoms with van der Waals surface area (Å²) in [7, 11) is 0. The second-order valence-corrected chi connectivity index (χ2v) is 8.44. The molecule has 4 aromatic rings. The summed E-state index contributed by atoms with van der Waals surface area (Å²) in [6.45, 7) is 3.50. The molecule has 0 saturated carbocycles. The topological polar surface area (TPSA) is 118 Å². The van der Waals surface area contributed by atoms with Crippen molar-refractivity contribution in [2.45, 2.75) is 26.9 Å². The number of amides is 2. The zero-order chi connectivity index (χ0) is 23.5. The van der Waals surface area contributed by atoms with Crippen LogP contribution in [0.4, 0.5) is 4.39 Å². The molecule has 2 N–H and O–H groups in total. The molecule has 0 spiro atoms. The van der Waals surface area contributed by atoms with E-state index < -0.39 is 11.8 Å². The highest BCUT2D eigenvalue weighted by atomic mass is 32.1. The monoisotopic (exact) mass is 466 g/mol. The summed E-state index contributed by atoms with van der Waals surface area (Å²) >= 11 is 1.30. The third-order valence-corrected chi connectivity index (χ3v) is 6.01. The van der Waals surface area contributed by atoms with Crippen LogP contribution in [0.3, 0.4) is 0 Å². The zero-order valence-electron chi connectivity index (χ0n) is 17.8. The predicted octanol–water partition coefficient (Wildman–Crippen LogP) is 2.70. The van der Waals surface area contributed by atoms with Gasteiger partial charge in [0.1, 0.15) is 23.5 Å². The Labute approximate surface area is 191 Å². The van der Waals surface area contributed by atoms with Crippen molar-refractivity contribution in [3.8, 4) is 0 Å². The van der Waals surface area contributed by atoms with Crippen LogP contribution in [-0.2, 0) is 13.1 Å². The molecule has 1 aromatic carbocycles. The van der Waals surface area contributed by atoms with Crippen LogP contribution in [0.5, 0.6) is 0 Å². The lowest BCUT2D eigenvalue weighted by atomic mass is 10.1. The summed E-state index contributed by atoms with van der Waals surface area (Å²) in [6, 6.07) is 9.38. The first-order valence-electron chi connectivity index (χ1n) is 9.93. The number of hydrogen-bond acceptors (Lipinski definition) is 7. The Balaban J connectivity index is 1.50. The van der Waals surface area contributed by atoms with Gasteiger partial charge in [-0.1, -0.05) is 12.1 Å². The standard InChI is InChI=1S/C22H19FN6O3S/c1-12-7-14(3-5-16(12)23)9-24-20(31)17-8-18(29-22(28-17)26-11-27-29)21(32)25-10-15-4-6-19(33-15)13(2)30/h3-8,11H,9-10H2,1-2H3,(H,24,31)(H,25,32). The minimum Gasteiger partial charge on any atom is -0.347 e. The van der Waals surface area contributed by atoms with Gasteiger partial charge in [-0.2, -0.15) is 14.6 Å². The molecule has 0 aliphatic heterocycles. The molecule has 0 bridgehead atoms. The number of fused-ring (bicyclic) bond motifs is 1. The molecule has 0 atom stereocenters. The van der Waals surface area contributed by atoms with E-state index in [2.05, 4.69) is 25.7 Å². The lowest BCUT2D eigenvalue weighted by Gasteiger charge is -2.09. The third-order valence-electron chi connectivity index (χ3n) is 4.82. The van der Waals surface area contributed by atoms with E-state index in [1.165, 1.54) is 41.2 Å². The number of thiophene rings is 1. The van der Waals surface area contributed by atoms with Gasteiger partial charge in [-0.3, -0.25) is 14.4 Å². The lowest BCUT2D eigenvalue weighted by molar-refractivity contribution is 0.0941. The fourth-order valence-corrected chi connectivity index (χ4v) is 3.94. The summed E-state index contributed by atoms with van der Waals surface area (Å²) in [5.74, 6) is -1.25. The molecular formula is C22H19FN6O3S. The van der Waals surface area contributed by atoms with Crippen LogP contribution in [0.15, 0.2) is 42.7 Å². The van der Waals surface area contributed by atoms with E-state index in [1.807, 2.05) is 0 Å². The normalized spacial score (nSPS) is 10.9. The van der Waals surface area contributed by atoms with Gasteiger partial charge in [0.05, 0.1) is 11.4 Å². The second kappa shape index (κ2) is 9.25. The number of carbonyl (C=O) groups is 3. The van der Waals surface area contributed by atoms with Crippen molar-refractivity contribution < 1.29 is 18.8 Å². The number of rotatable bonds is 7. The number of nitrogens with zero attached hydrogens (tertiary/aromatic N) is 4. The number of carbonyl (C=O) groups excluding carboxylic acids is 3. The van der Waals surface area contributed by atoms with E-state index in [1.54, 1.807) is 31.2 Å². The lowest BCUT2D eigenvalue weighted by Crippen LogP contribution is -2.28. The maximum absolute atomic E-state index is 13.4. The Morgan fingerprint density at radius 3 is 2.58 bits per heavy atom. The molecule has 168 valence electrons. The molecule has 3 heterocycles. The molecule has 9 nitrogen and oxygen atoms in total. The first-order valence-corrected chi connectivity index (χ1v) is 10.8. The molecule has 11 heteroatoms. The Kier molecular flexibility index (Phi) is 6.22. The van der Waals surface area contributed by atoms with Gasteiger partial charge in [-0.05, 0) is 43.2 Å². The maximum Gasteiger partial charge on any atom is 0.270 e. The van der Waals surface area contributed by atoms with Gasteiger partial charge in [0.2, 0.25) is 0 Å². The molecule has 0 radical (unpaired) electrons. The molecule has 0 fully saturated rings. The van der Waals surface area contributed by atoms with Crippen molar-refractivity contribution in [3.63, 3.8) is 0 Å². The van der Waals surface area contributed by atoms with Gasteiger partial charge >= 0.3 is 0 Å². The summed E-state index contributed by atoms with van der Waals surface area (Å²) in [4.78, 5) is 46.6. The van der Waals surface area contributed by atoms with Crippen molar-refractivity contribution in [2.75, 3.05) is 0 Å². The number of benzene rings is 1. The Morgan fingerprint density at radius 2 is 1.85 bits per heavy atom. The Bertz CT molecular complexity index is 1380. The Morgan fingerprint density at radius 1 is 1.06 bits per heavy atom. The molecule has 3 aromatic heterocycles. The summed E-state index contributed by atoms with van der Waals surface area (Å²) in [6.07, 6.45) is 1.24. The summed E-state index contributed by atoms with van der Waals surface area (Å²) in [5, 5.41) is 9.48. The van der Waals surface area contributed by atoms with Gasteiger partial charge in [0.25, 0.3) is 17.6 Å². The smallest absolute Gasteiger partial charge is 0.270 e. The molecule has 0 unspecified atom stereocenters. The Hall–Kier alpha value is -3.99. The number of aryl methyl sites for hydroxylation is 1. The summed E-state index contributed by atoms with van der Waals surface area (Å²) < 4.78 is 14.7. The number of halogens is 1. The van der Waals surface area contributed by atoms with Crippen molar-refractivity contribution >= 4 is 34.7 Å². The van der Waals surface area contributed by atoms with Crippen LogP contribution in [-0.4, -0.2) is 37.2 Å². The average Bonchev–Trinajstić information content (AvgIpc) is 3.47. The molecule has 2 amide bonds. The number of hydrogen-bond donors (Lipinski definition) is 2. The number of nitrogens with one attached hydrogen (secondary N) is 2. The molecule has 0 aliphatic carbocycles. The van der Waals surface area contributed by atoms with Crippen LogP contribution in [0.25, 0.3) is 5.78 Å². The fourth-order valence-electron chi connectivity index (χ4n) is 3.10. The average molecular weight is 466 g/mol. The maximum atomic E-state index is 13.4. The van der Waals surface area contributed by atoms with Gasteiger partial charge in [0.15, 0.2) is 5.78 Å². The van der Waals surface area contributed by atoms with Gasteiger partial charge in [-0.15, -0.1) is 11.3 Å². The minimum absolute atomic E-state index is 0.00512. The van der Waals surface area contributed by atoms with Crippen LogP contribution in [0, 0.1) is 12.7 Å². The predicted molar refractivity (Wildman–Crippen MR) is 119 cm³/mol. The van der Waals surface area contributed by atoms with Gasteiger partial charge < -0.3 is 10.6 Å². The van der Waals surface area contributed by atoms with Gasteiger partial charge in [0, 0.05) is 17.5 Å². The largest absolute Gasteiger partial charge is 0.347 e. The zero-order valence-corrected chi connectivity index (χ0v) is 18.6. The molecule has 33 heavy (non-hydrogen) atoms. The van der Waals surface area contributed by atoms with Crippen LogP contribution >= 0.6 is 11.3 Å². The van der Waals surface area contributed by atoms with E-state index in [0.717, 1.165) is 10.4 Å². The van der Waals surface area contributed by atoms with E-state index in [4.69, 9.17) is 0 Å². The second-order valence-electron chi connectivity index (χ2n) is 7.27. The first-order chi connectivity index (χ1) is 15.8. The van der Waals surface area contributed by atoms with Crippen molar-refractivity contribution in [2.24, 2.45) is 0 Å². The van der Waals surface area contributed by atoms with Crippen LogP contribution in [0.2, 0.25) is 0 Å². The van der Waals surface area contributed by atoms with Crippen molar-refractivity contribution in [1.82, 2.24) is 30.2 Å². The van der Waals surface area contributed by atoms with Crippen LogP contribution < -0.4 is 10.6 Å². The quantitative estimate of drug-likeness (QED) is 0.404. The highest BCUT2D eigenvalue weighted by Crippen LogP contribution is 2.17. The van der Waals surface area contributed by atoms with Crippen molar-refractivity contribution in [3.05, 3.63) is 80.8 Å². The van der Waals surface area contributed by atoms with E-state index in [-0.39, 0.29) is 41.9 Å². The highest BCUT2D eigenvalue weighted by molar-refractivity contribution is 7.14. The van der Waals surface area contributed by atoms with Crippen LogP contribution in [0.1, 0.15) is 53.6 Å². The molecule has 4 rings (SSSR count). The highest BCUT2D eigenvalue weighted by Gasteiger charge is 2.18. The number of ketones is 1. The molecule has 0 saturated heterocycles. The minimum atomic E-state index is -0.513. The summed E-state index contributed by atoms with van der Waals surface area (Å²) in [5.41, 5.74) is 1.28. The fraction of sp³-hybridized carbons (Fsp3) is 0.182. The third kappa shape index (κ3) is 4.93. The SMILES string of the molecule is CC(=O)c1ccc(CNC(=O)c2cc(C(=O)NCc3ccc(F)c(C)c3)nc3ncnn23)s1. The van der Waals surface area contributed by atoms with E-state index in [0.29, 0.717) is 10.4 Å². The molecular weight excluding hydrogens is 447 g/mol. The van der Waals surface area contributed by atoms with E-state index in [9.17, 15) is 18.8 Å². The molecule has 0 aliphatic rings. The van der Waals surface area contributed by atoms with E-state index >= 15 is 0 Å². The van der Waals surface area contributed by atoms with Crippen molar-refractivity contribution in [1.29, 1.82) is 0 Å². The first kappa shape index (κ1) is 22.2. The number of aromatic nitrogens is 4. The van der Waals surface area contributed by atoms with Gasteiger partial charge in [-0.25, -0.2) is 9.37 Å².